The molecule has 39 heavy (non-hydrogen) atoms. The number of likely N-dealkylation sites (tertiary alicyclic amines) is 1. The van der Waals surface area contributed by atoms with E-state index in [1.165, 1.54) is 5.39 Å². The second-order valence-electron chi connectivity index (χ2n) is 11.4. The third-order valence-electron chi connectivity index (χ3n) is 9.15. The Morgan fingerprint density at radius 2 is 1.87 bits per heavy atom. The Hall–Kier alpha value is -3.90. The zero-order chi connectivity index (χ0) is 26.7. The van der Waals surface area contributed by atoms with Crippen LogP contribution < -0.4 is 5.63 Å². The zero-order valence-corrected chi connectivity index (χ0v) is 22.0. The van der Waals surface area contributed by atoms with Crippen LogP contribution >= 0.6 is 0 Å². The SMILES string of the molecule is Cc1c(CC(=O)N2CC[C@]3(O)CCCC[C@H]3C2)c(=O)oc2cc3occ(-c4ccc5ccccc5c4)c3cc12. The highest BCUT2D eigenvalue weighted by atomic mass is 16.4. The lowest BCUT2D eigenvalue weighted by molar-refractivity contribution is -0.142. The highest BCUT2D eigenvalue weighted by Crippen LogP contribution is 2.40. The number of fused-ring (bicyclic) bond motifs is 4. The molecule has 2 fully saturated rings. The van der Waals surface area contributed by atoms with Gasteiger partial charge in [0.2, 0.25) is 5.91 Å². The molecule has 6 nitrogen and oxygen atoms in total. The molecule has 0 unspecified atom stereocenters. The predicted molar refractivity (Wildman–Crippen MR) is 152 cm³/mol. The van der Waals surface area contributed by atoms with Crippen molar-refractivity contribution in [3.8, 4) is 11.1 Å². The van der Waals surface area contributed by atoms with Gasteiger partial charge in [0.05, 0.1) is 23.8 Å². The van der Waals surface area contributed by atoms with Gasteiger partial charge < -0.3 is 18.8 Å². The normalized spacial score (nSPS) is 21.5. The van der Waals surface area contributed by atoms with Crippen LogP contribution in [0.2, 0.25) is 0 Å². The summed E-state index contributed by atoms with van der Waals surface area (Å²) in [6, 6.07) is 18.4. The molecule has 3 aromatic carbocycles. The number of rotatable bonds is 3. The van der Waals surface area contributed by atoms with Gasteiger partial charge >= 0.3 is 5.63 Å². The van der Waals surface area contributed by atoms with Crippen LogP contribution in [0.1, 0.15) is 43.2 Å². The van der Waals surface area contributed by atoms with E-state index in [1.54, 1.807) is 12.3 Å². The molecule has 1 saturated carbocycles. The maximum absolute atomic E-state index is 13.4. The van der Waals surface area contributed by atoms with Gasteiger partial charge in [0.1, 0.15) is 11.2 Å². The number of carbonyl (C=O) groups excluding carboxylic acids is 1. The first-order valence-corrected chi connectivity index (χ1v) is 13.9. The third-order valence-corrected chi connectivity index (χ3v) is 9.15. The lowest BCUT2D eigenvalue weighted by Crippen LogP contribution is -2.55. The second-order valence-corrected chi connectivity index (χ2v) is 11.4. The van der Waals surface area contributed by atoms with Crippen molar-refractivity contribution in [3.05, 3.63) is 82.4 Å². The fourth-order valence-electron chi connectivity index (χ4n) is 6.76. The molecule has 6 heteroatoms. The van der Waals surface area contributed by atoms with E-state index in [0.717, 1.165) is 58.5 Å². The van der Waals surface area contributed by atoms with Crippen LogP contribution in [0.15, 0.2) is 74.5 Å². The standard InChI is InChI=1S/C33H31NO5/c1-20-25-15-27-28(23-10-9-21-6-2-3-7-22(21)14-23)19-38-29(27)17-30(25)39-32(36)26(20)16-31(35)34-13-12-33(37)11-5-4-8-24(33)18-34/h2-3,6-7,9-10,14-15,17,19,24,37H,4-5,8,11-13,16,18H2,1H3/t24-,33+/m0/s1. The molecule has 3 heterocycles. The largest absolute Gasteiger partial charge is 0.464 e. The molecule has 1 aliphatic heterocycles. The predicted octanol–water partition coefficient (Wildman–Crippen LogP) is 6.36. The number of carbonyl (C=O) groups is 1. The minimum absolute atomic E-state index is 0.00376. The molecule has 7 rings (SSSR count). The first kappa shape index (κ1) is 24.2. The number of benzene rings is 3. The quantitative estimate of drug-likeness (QED) is 0.279. The van der Waals surface area contributed by atoms with Crippen molar-refractivity contribution in [2.24, 2.45) is 5.92 Å². The van der Waals surface area contributed by atoms with Gasteiger partial charge in [0.25, 0.3) is 0 Å². The third kappa shape index (κ3) is 4.05. The zero-order valence-electron chi connectivity index (χ0n) is 22.0. The van der Waals surface area contributed by atoms with Gasteiger partial charge in [-0.15, -0.1) is 0 Å². The average Bonchev–Trinajstić information content (AvgIpc) is 3.36. The number of hydrogen-bond acceptors (Lipinski definition) is 5. The maximum Gasteiger partial charge on any atom is 0.340 e. The lowest BCUT2D eigenvalue weighted by atomic mass is 9.71. The second kappa shape index (κ2) is 9.09. The van der Waals surface area contributed by atoms with Crippen molar-refractivity contribution in [2.75, 3.05) is 13.1 Å². The van der Waals surface area contributed by atoms with E-state index in [1.807, 2.05) is 30.0 Å². The Balaban J connectivity index is 1.23. The van der Waals surface area contributed by atoms with Crippen LogP contribution in [0.5, 0.6) is 0 Å². The number of nitrogens with zero attached hydrogens (tertiary/aromatic N) is 1. The summed E-state index contributed by atoms with van der Waals surface area (Å²) < 4.78 is 11.6. The van der Waals surface area contributed by atoms with E-state index >= 15 is 0 Å². The van der Waals surface area contributed by atoms with Gasteiger partial charge in [0, 0.05) is 41.4 Å². The monoisotopic (exact) mass is 521 g/mol. The van der Waals surface area contributed by atoms with Gasteiger partial charge in [0.15, 0.2) is 0 Å². The van der Waals surface area contributed by atoms with Crippen LogP contribution in [-0.2, 0) is 11.2 Å². The minimum atomic E-state index is -0.647. The van der Waals surface area contributed by atoms with Crippen LogP contribution in [0.25, 0.3) is 43.8 Å². The van der Waals surface area contributed by atoms with Crippen molar-refractivity contribution in [1.82, 2.24) is 4.90 Å². The van der Waals surface area contributed by atoms with Crippen molar-refractivity contribution in [2.45, 2.75) is 51.0 Å². The van der Waals surface area contributed by atoms with Crippen LogP contribution in [0.3, 0.4) is 0 Å². The van der Waals surface area contributed by atoms with Gasteiger partial charge in [-0.3, -0.25) is 4.79 Å². The molecule has 1 amide bonds. The van der Waals surface area contributed by atoms with Crippen LogP contribution in [-0.4, -0.2) is 34.6 Å². The number of furan rings is 1. The van der Waals surface area contributed by atoms with E-state index in [9.17, 15) is 14.7 Å². The number of piperidine rings is 1. The molecule has 5 aromatic rings. The van der Waals surface area contributed by atoms with E-state index in [-0.39, 0.29) is 18.2 Å². The van der Waals surface area contributed by atoms with Gasteiger partial charge in [-0.1, -0.05) is 49.2 Å². The van der Waals surface area contributed by atoms with E-state index in [2.05, 4.69) is 30.3 Å². The molecule has 0 radical (unpaired) electrons. The molecule has 1 saturated heterocycles. The van der Waals surface area contributed by atoms with Crippen molar-refractivity contribution < 1.29 is 18.7 Å². The van der Waals surface area contributed by atoms with Gasteiger partial charge in [-0.25, -0.2) is 4.79 Å². The Morgan fingerprint density at radius 3 is 2.74 bits per heavy atom. The Kier molecular flexibility index (Phi) is 5.63. The summed E-state index contributed by atoms with van der Waals surface area (Å²) in [5.74, 6) is 0.0274. The van der Waals surface area contributed by atoms with Crippen molar-refractivity contribution >= 4 is 38.6 Å². The van der Waals surface area contributed by atoms with Crippen LogP contribution in [0, 0.1) is 12.8 Å². The topological polar surface area (TPSA) is 83.9 Å². The highest BCUT2D eigenvalue weighted by molar-refractivity contribution is 6.03. The van der Waals surface area contributed by atoms with E-state index in [0.29, 0.717) is 36.2 Å². The number of aryl methyl sites for hydroxylation is 1. The smallest absolute Gasteiger partial charge is 0.340 e. The average molecular weight is 522 g/mol. The molecule has 1 aliphatic carbocycles. The summed E-state index contributed by atoms with van der Waals surface area (Å²) in [5, 5.41) is 15.1. The fraction of sp³-hybridized carbons (Fsp3) is 0.333. The van der Waals surface area contributed by atoms with E-state index in [4.69, 9.17) is 8.83 Å². The molecule has 2 aliphatic rings. The Morgan fingerprint density at radius 1 is 1.03 bits per heavy atom. The lowest BCUT2D eigenvalue weighted by Gasteiger charge is -2.47. The van der Waals surface area contributed by atoms with Crippen molar-refractivity contribution in [3.63, 3.8) is 0 Å². The van der Waals surface area contributed by atoms with E-state index < -0.39 is 11.2 Å². The molecule has 1 N–H and O–H groups in total. The number of amides is 1. The summed E-state index contributed by atoms with van der Waals surface area (Å²) >= 11 is 0. The minimum Gasteiger partial charge on any atom is -0.464 e. The summed E-state index contributed by atoms with van der Waals surface area (Å²) in [5.41, 5.74) is 3.13. The molecule has 0 spiro atoms. The summed E-state index contributed by atoms with van der Waals surface area (Å²) in [4.78, 5) is 28.2. The number of aliphatic hydroxyl groups is 1. The summed E-state index contributed by atoms with van der Waals surface area (Å²) in [6.45, 7) is 2.96. The molecular weight excluding hydrogens is 490 g/mol. The first-order valence-electron chi connectivity index (χ1n) is 13.9. The molecule has 2 aromatic heterocycles. The Bertz CT molecular complexity index is 1810. The number of hydrogen-bond donors (Lipinski definition) is 1. The fourth-order valence-corrected chi connectivity index (χ4v) is 6.76. The summed E-state index contributed by atoms with van der Waals surface area (Å²) in [7, 11) is 0. The van der Waals surface area contributed by atoms with Gasteiger partial charge in [-0.05, 0) is 60.2 Å². The van der Waals surface area contributed by atoms with Gasteiger partial charge in [-0.2, -0.15) is 0 Å². The molecule has 2 atom stereocenters. The first-order chi connectivity index (χ1) is 18.9. The molecule has 198 valence electrons. The molecular formula is C33H31NO5. The molecule has 0 bridgehead atoms. The van der Waals surface area contributed by atoms with Crippen molar-refractivity contribution in [1.29, 1.82) is 0 Å². The summed E-state index contributed by atoms with van der Waals surface area (Å²) in [6.07, 6.45) is 6.24. The maximum atomic E-state index is 13.4. The Labute approximate surface area is 225 Å². The highest BCUT2D eigenvalue weighted by Gasteiger charge is 2.43. The van der Waals surface area contributed by atoms with Crippen LogP contribution in [0.4, 0.5) is 0 Å².